The van der Waals surface area contributed by atoms with Crippen molar-refractivity contribution in [3.63, 3.8) is 0 Å². The summed E-state index contributed by atoms with van der Waals surface area (Å²) in [7, 11) is 0. The van der Waals surface area contributed by atoms with Crippen molar-refractivity contribution >= 4 is 34.8 Å². The Balaban J connectivity index is 1.45. The van der Waals surface area contributed by atoms with Gasteiger partial charge in [-0.1, -0.05) is 0 Å². The molecule has 38 heavy (non-hydrogen) atoms. The molecule has 1 amide bonds. The Morgan fingerprint density at radius 1 is 1.11 bits per heavy atom. The van der Waals surface area contributed by atoms with Crippen LogP contribution in [0.3, 0.4) is 0 Å². The van der Waals surface area contributed by atoms with Gasteiger partial charge in [0.25, 0.3) is 5.91 Å². The van der Waals surface area contributed by atoms with Gasteiger partial charge in [0.15, 0.2) is 22.8 Å². The van der Waals surface area contributed by atoms with Crippen LogP contribution in [0.25, 0.3) is 22.6 Å². The van der Waals surface area contributed by atoms with E-state index < -0.39 is 6.10 Å². The van der Waals surface area contributed by atoms with E-state index in [0.29, 0.717) is 63.2 Å². The molecule has 6 rings (SSSR count). The summed E-state index contributed by atoms with van der Waals surface area (Å²) in [5.41, 5.74) is 7.96. The number of aliphatic hydroxyl groups is 1. The second-order valence-corrected chi connectivity index (χ2v) is 10.4. The van der Waals surface area contributed by atoms with E-state index in [-0.39, 0.29) is 17.9 Å². The maximum Gasteiger partial charge on any atom is 0.251 e. The minimum absolute atomic E-state index is 0.0627. The molecule has 0 unspecified atom stereocenters. The molecule has 5 heterocycles. The SMILES string of the molecule is C[C@@H]1CN(c2nc3c(N4CCOCC4)nc(-c4cnc(N)nc4)nc3n2CC2CC2)CCN1C(=O)[C@@H](C)O. The van der Waals surface area contributed by atoms with Crippen LogP contribution in [-0.4, -0.2) is 103 Å². The van der Waals surface area contributed by atoms with Crippen molar-refractivity contribution in [2.24, 2.45) is 5.92 Å². The second-order valence-electron chi connectivity index (χ2n) is 10.4. The number of aromatic nitrogens is 6. The quantitative estimate of drug-likeness (QED) is 0.466. The average molecular weight is 523 g/mol. The molecule has 3 aromatic rings. The Hall–Kier alpha value is -3.58. The van der Waals surface area contributed by atoms with Gasteiger partial charge in [-0.3, -0.25) is 9.36 Å². The zero-order valence-corrected chi connectivity index (χ0v) is 21.8. The largest absolute Gasteiger partial charge is 0.384 e. The molecule has 0 bridgehead atoms. The number of nitrogens with zero attached hydrogens (tertiary/aromatic N) is 9. The molecular formula is C25H34N10O3. The number of anilines is 3. The van der Waals surface area contributed by atoms with E-state index in [2.05, 4.69) is 24.3 Å². The maximum absolute atomic E-state index is 12.5. The molecule has 1 saturated carbocycles. The third-order valence-corrected chi connectivity index (χ3v) is 7.49. The van der Waals surface area contributed by atoms with Crippen LogP contribution in [0.4, 0.5) is 17.7 Å². The van der Waals surface area contributed by atoms with E-state index in [4.69, 9.17) is 25.4 Å². The zero-order valence-electron chi connectivity index (χ0n) is 21.8. The zero-order chi connectivity index (χ0) is 26.4. The monoisotopic (exact) mass is 522 g/mol. The van der Waals surface area contributed by atoms with Crippen molar-refractivity contribution in [2.45, 2.75) is 45.4 Å². The molecule has 0 radical (unpaired) electrons. The van der Waals surface area contributed by atoms with Gasteiger partial charge in [-0.15, -0.1) is 0 Å². The highest BCUT2D eigenvalue weighted by Gasteiger charge is 2.34. The second kappa shape index (κ2) is 9.95. The highest BCUT2D eigenvalue weighted by molar-refractivity contribution is 5.88. The number of ether oxygens (including phenoxy) is 1. The van der Waals surface area contributed by atoms with E-state index >= 15 is 0 Å². The fraction of sp³-hybridized carbons (Fsp3) is 0.600. The Morgan fingerprint density at radius 2 is 1.84 bits per heavy atom. The number of morpholine rings is 1. The Bertz CT molecular complexity index is 1320. The smallest absolute Gasteiger partial charge is 0.251 e. The molecule has 3 fully saturated rings. The van der Waals surface area contributed by atoms with Crippen LogP contribution in [-0.2, 0) is 16.1 Å². The first-order valence-electron chi connectivity index (χ1n) is 13.3. The summed E-state index contributed by atoms with van der Waals surface area (Å²) in [5.74, 6) is 2.70. The lowest BCUT2D eigenvalue weighted by atomic mass is 10.1. The molecule has 3 aliphatic rings. The lowest BCUT2D eigenvalue weighted by molar-refractivity contribution is -0.141. The van der Waals surface area contributed by atoms with Crippen molar-refractivity contribution in [3.05, 3.63) is 12.4 Å². The number of amides is 1. The summed E-state index contributed by atoms with van der Waals surface area (Å²) in [6, 6.07) is -0.0627. The predicted octanol–water partition coefficient (Wildman–Crippen LogP) is 0.530. The first-order chi connectivity index (χ1) is 18.4. The molecule has 0 aromatic carbocycles. The molecule has 3 N–H and O–H groups in total. The van der Waals surface area contributed by atoms with Crippen molar-refractivity contribution in [1.82, 2.24) is 34.4 Å². The van der Waals surface area contributed by atoms with Gasteiger partial charge >= 0.3 is 0 Å². The fourth-order valence-electron chi connectivity index (χ4n) is 5.23. The van der Waals surface area contributed by atoms with Gasteiger partial charge in [0.05, 0.1) is 18.8 Å². The lowest BCUT2D eigenvalue weighted by Gasteiger charge is -2.40. The van der Waals surface area contributed by atoms with Crippen molar-refractivity contribution in [1.29, 1.82) is 0 Å². The van der Waals surface area contributed by atoms with Crippen LogP contribution in [0.15, 0.2) is 12.4 Å². The Kier molecular flexibility index (Phi) is 6.48. The molecule has 13 nitrogen and oxygen atoms in total. The number of carbonyl (C=O) groups is 1. The number of hydrogen-bond acceptors (Lipinski definition) is 11. The van der Waals surface area contributed by atoms with Gasteiger partial charge in [0, 0.05) is 57.7 Å². The molecule has 2 atom stereocenters. The lowest BCUT2D eigenvalue weighted by Crippen LogP contribution is -2.56. The van der Waals surface area contributed by atoms with E-state index in [1.807, 2.05) is 6.92 Å². The number of fused-ring (bicyclic) bond motifs is 1. The number of nitrogen functional groups attached to an aromatic ring is 1. The number of hydrogen-bond donors (Lipinski definition) is 2. The van der Waals surface area contributed by atoms with Gasteiger partial charge in [-0.05, 0) is 32.6 Å². The first kappa shape index (κ1) is 24.7. The molecule has 2 aliphatic heterocycles. The van der Waals surface area contributed by atoms with E-state index in [9.17, 15) is 9.90 Å². The molecule has 1 aliphatic carbocycles. The van der Waals surface area contributed by atoms with Gasteiger partial charge in [0.2, 0.25) is 11.9 Å². The number of carbonyl (C=O) groups excluding carboxylic acids is 1. The third kappa shape index (κ3) is 4.71. The van der Waals surface area contributed by atoms with Crippen LogP contribution in [0.2, 0.25) is 0 Å². The number of piperazine rings is 1. The molecule has 3 aromatic heterocycles. The maximum atomic E-state index is 12.5. The van der Waals surface area contributed by atoms with Crippen LogP contribution in [0.1, 0.15) is 26.7 Å². The van der Waals surface area contributed by atoms with E-state index in [0.717, 1.165) is 29.5 Å². The standard InChI is InChI=1S/C25H34N10O3/c1-15-13-33(5-6-34(15)23(37)16(2)36)25-29-19-21(32-7-9-38-10-8-32)30-20(18-11-27-24(26)28-12-18)31-22(19)35(25)14-17-3-4-17/h11-12,15-17,36H,3-10,13-14H2,1-2H3,(H2,26,27,28)/t15-,16-/m1/s1. The van der Waals surface area contributed by atoms with Crippen molar-refractivity contribution < 1.29 is 14.6 Å². The minimum Gasteiger partial charge on any atom is -0.384 e. The normalized spacial score (nSPS) is 21.2. The Labute approximate surface area is 220 Å². The van der Waals surface area contributed by atoms with Gasteiger partial charge in [-0.25, -0.2) is 24.9 Å². The number of nitrogens with two attached hydrogens (primary N) is 1. The van der Waals surface area contributed by atoms with Crippen molar-refractivity contribution in [2.75, 3.05) is 61.5 Å². The fourth-order valence-corrected chi connectivity index (χ4v) is 5.23. The summed E-state index contributed by atoms with van der Waals surface area (Å²) in [6.07, 6.45) is 4.66. The summed E-state index contributed by atoms with van der Waals surface area (Å²) in [5, 5.41) is 9.84. The first-order valence-corrected chi connectivity index (χ1v) is 13.3. The summed E-state index contributed by atoms with van der Waals surface area (Å²) < 4.78 is 7.82. The van der Waals surface area contributed by atoms with E-state index in [1.165, 1.54) is 19.8 Å². The van der Waals surface area contributed by atoms with Crippen molar-refractivity contribution in [3.8, 4) is 11.4 Å². The molecular weight excluding hydrogens is 488 g/mol. The molecule has 13 heteroatoms. The highest BCUT2D eigenvalue weighted by Crippen LogP contribution is 2.37. The highest BCUT2D eigenvalue weighted by atomic mass is 16.5. The van der Waals surface area contributed by atoms with Gasteiger partial charge in [-0.2, -0.15) is 0 Å². The topological polar surface area (TPSA) is 152 Å². The predicted molar refractivity (Wildman–Crippen MR) is 142 cm³/mol. The van der Waals surface area contributed by atoms with Crippen LogP contribution < -0.4 is 15.5 Å². The summed E-state index contributed by atoms with van der Waals surface area (Å²) in [4.78, 5) is 42.1. The molecule has 0 spiro atoms. The number of rotatable bonds is 6. The molecule has 202 valence electrons. The van der Waals surface area contributed by atoms with Gasteiger partial charge < -0.3 is 30.3 Å². The molecule has 2 saturated heterocycles. The van der Waals surface area contributed by atoms with Crippen LogP contribution >= 0.6 is 0 Å². The Morgan fingerprint density at radius 3 is 2.50 bits per heavy atom. The third-order valence-electron chi connectivity index (χ3n) is 7.49. The van der Waals surface area contributed by atoms with Gasteiger partial charge in [0.1, 0.15) is 6.10 Å². The average Bonchev–Trinajstić information content (AvgIpc) is 3.68. The van der Waals surface area contributed by atoms with Crippen LogP contribution in [0, 0.1) is 5.92 Å². The van der Waals surface area contributed by atoms with Crippen LogP contribution in [0.5, 0.6) is 0 Å². The minimum atomic E-state index is -1.01. The summed E-state index contributed by atoms with van der Waals surface area (Å²) in [6.45, 7) is 8.79. The number of imidazole rings is 1. The number of aliphatic hydroxyl groups excluding tert-OH is 1. The summed E-state index contributed by atoms with van der Waals surface area (Å²) >= 11 is 0. The van der Waals surface area contributed by atoms with E-state index in [1.54, 1.807) is 17.3 Å².